The summed E-state index contributed by atoms with van der Waals surface area (Å²) in [5, 5.41) is 10.6. The summed E-state index contributed by atoms with van der Waals surface area (Å²) in [5.41, 5.74) is -0.0890. The second-order valence-electron chi connectivity index (χ2n) is 2.87. The van der Waals surface area contributed by atoms with E-state index in [9.17, 15) is 4.79 Å². The van der Waals surface area contributed by atoms with Crippen LogP contribution in [0.2, 0.25) is 4.47 Å². The van der Waals surface area contributed by atoms with Gasteiger partial charge in [-0.05, 0) is 12.8 Å². The fourth-order valence-electron chi connectivity index (χ4n) is 1.18. The van der Waals surface area contributed by atoms with Crippen molar-refractivity contribution < 1.29 is 9.90 Å². The van der Waals surface area contributed by atoms with Crippen LogP contribution < -0.4 is 0 Å². The van der Waals surface area contributed by atoms with Crippen molar-refractivity contribution >= 4 is 28.9 Å². The Kier molecular flexibility index (Phi) is 1.63. The van der Waals surface area contributed by atoms with Gasteiger partial charge in [-0.25, -0.2) is 4.98 Å². The van der Waals surface area contributed by atoms with E-state index >= 15 is 0 Å². The molecule has 2 rings (SSSR count). The van der Waals surface area contributed by atoms with Gasteiger partial charge in [0.15, 0.2) is 4.47 Å². The lowest BCUT2D eigenvalue weighted by Crippen LogP contribution is -2.19. The van der Waals surface area contributed by atoms with Gasteiger partial charge in [-0.15, -0.1) is 11.3 Å². The molecule has 12 heavy (non-hydrogen) atoms. The molecule has 1 aromatic heterocycles. The summed E-state index contributed by atoms with van der Waals surface area (Å²) < 4.78 is 0.414. The normalized spacial score (nSPS) is 19.1. The van der Waals surface area contributed by atoms with E-state index in [-0.39, 0.29) is 0 Å². The smallest absolute Gasteiger partial charge is 0.315 e. The molecule has 1 fully saturated rings. The molecule has 0 saturated heterocycles. The van der Waals surface area contributed by atoms with Gasteiger partial charge in [0.1, 0.15) is 5.41 Å². The van der Waals surface area contributed by atoms with Crippen molar-refractivity contribution in [1.82, 2.24) is 4.98 Å². The highest BCUT2D eigenvalue weighted by molar-refractivity contribution is 7.14. The molecule has 64 valence electrons. The molecule has 3 nitrogen and oxygen atoms in total. The molecular formula is C7H6ClNO2S. The first kappa shape index (κ1) is 8.01. The first-order chi connectivity index (χ1) is 5.65. The number of carbonyl (C=O) groups is 1. The van der Waals surface area contributed by atoms with E-state index < -0.39 is 11.4 Å². The van der Waals surface area contributed by atoms with Crippen LogP contribution in [0.3, 0.4) is 0 Å². The Bertz CT molecular complexity index is 332. The van der Waals surface area contributed by atoms with E-state index in [0.29, 0.717) is 23.0 Å². The number of carboxylic acids is 1. The molecule has 1 aliphatic carbocycles. The second kappa shape index (κ2) is 2.44. The number of rotatable bonds is 2. The molecule has 1 aromatic rings. The maximum Gasteiger partial charge on any atom is 0.315 e. The molecule has 1 heterocycles. The summed E-state index contributed by atoms with van der Waals surface area (Å²) in [7, 11) is 0. The standard InChI is InChI=1S/C7H6ClNO2S/c8-6-9-4(3-12-6)7(1-2-7)5(10)11/h3H,1-2H2,(H,10,11). The number of carboxylic acid groups (broad SMARTS) is 1. The highest BCUT2D eigenvalue weighted by Gasteiger charge is 2.53. The Morgan fingerprint density at radius 3 is 2.75 bits per heavy atom. The Labute approximate surface area is 78.0 Å². The zero-order valence-electron chi connectivity index (χ0n) is 6.08. The SMILES string of the molecule is O=C(O)C1(c2csc(Cl)n2)CC1. The summed E-state index contributed by atoms with van der Waals surface area (Å²) >= 11 is 6.89. The highest BCUT2D eigenvalue weighted by atomic mass is 35.5. The van der Waals surface area contributed by atoms with Crippen LogP contribution >= 0.6 is 22.9 Å². The van der Waals surface area contributed by atoms with E-state index in [1.807, 2.05) is 0 Å². The van der Waals surface area contributed by atoms with Gasteiger partial charge in [0.25, 0.3) is 0 Å². The quantitative estimate of drug-likeness (QED) is 0.799. The number of aromatic nitrogens is 1. The molecule has 1 aliphatic rings. The van der Waals surface area contributed by atoms with Gasteiger partial charge < -0.3 is 5.11 Å². The van der Waals surface area contributed by atoms with Crippen molar-refractivity contribution in [3.05, 3.63) is 15.5 Å². The Balaban J connectivity index is 2.36. The summed E-state index contributed by atoms with van der Waals surface area (Å²) in [6, 6.07) is 0. The van der Waals surface area contributed by atoms with Crippen molar-refractivity contribution in [3.63, 3.8) is 0 Å². The predicted octanol–water partition coefficient (Wildman–Crippen LogP) is 1.91. The van der Waals surface area contributed by atoms with E-state index in [4.69, 9.17) is 16.7 Å². The molecule has 5 heteroatoms. The fraction of sp³-hybridized carbons (Fsp3) is 0.429. The number of hydrogen-bond acceptors (Lipinski definition) is 3. The second-order valence-corrected chi connectivity index (χ2v) is 4.31. The van der Waals surface area contributed by atoms with Crippen LogP contribution in [0, 0.1) is 0 Å². The van der Waals surface area contributed by atoms with Crippen molar-refractivity contribution in [3.8, 4) is 0 Å². The summed E-state index contributed by atoms with van der Waals surface area (Å²) in [5.74, 6) is -0.788. The van der Waals surface area contributed by atoms with Crippen LogP contribution in [0.1, 0.15) is 18.5 Å². The molecule has 1 saturated carbocycles. The van der Waals surface area contributed by atoms with Crippen LogP contribution in [-0.2, 0) is 10.2 Å². The lowest BCUT2D eigenvalue weighted by Gasteiger charge is -2.03. The van der Waals surface area contributed by atoms with Crippen molar-refractivity contribution in [2.45, 2.75) is 18.3 Å². The first-order valence-corrected chi connectivity index (χ1v) is 4.76. The van der Waals surface area contributed by atoms with Crippen LogP contribution in [0.25, 0.3) is 0 Å². The Hall–Kier alpha value is -0.610. The van der Waals surface area contributed by atoms with E-state index in [1.165, 1.54) is 11.3 Å². The molecular weight excluding hydrogens is 198 g/mol. The molecule has 0 radical (unpaired) electrons. The highest BCUT2D eigenvalue weighted by Crippen LogP contribution is 2.48. The third-order valence-electron chi connectivity index (χ3n) is 2.13. The number of thiazole rings is 1. The predicted molar refractivity (Wildman–Crippen MR) is 45.7 cm³/mol. The van der Waals surface area contributed by atoms with Gasteiger partial charge in [0, 0.05) is 5.38 Å². The molecule has 1 N–H and O–H groups in total. The summed E-state index contributed by atoms with van der Waals surface area (Å²) in [6.07, 6.45) is 1.37. The molecule has 0 spiro atoms. The monoisotopic (exact) mass is 203 g/mol. The lowest BCUT2D eigenvalue weighted by atomic mass is 10.1. The van der Waals surface area contributed by atoms with Crippen molar-refractivity contribution in [1.29, 1.82) is 0 Å². The number of halogens is 1. The molecule has 0 unspecified atom stereocenters. The molecule has 0 bridgehead atoms. The zero-order valence-corrected chi connectivity index (χ0v) is 7.65. The van der Waals surface area contributed by atoms with E-state index in [0.717, 1.165) is 0 Å². The van der Waals surface area contributed by atoms with E-state index in [1.54, 1.807) is 5.38 Å². The number of nitrogens with zero attached hydrogens (tertiary/aromatic N) is 1. The van der Waals surface area contributed by atoms with Crippen molar-refractivity contribution in [2.75, 3.05) is 0 Å². The summed E-state index contributed by atoms with van der Waals surface area (Å²) in [6.45, 7) is 0. The third-order valence-corrected chi connectivity index (χ3v) is 3.10. The van der Waals surface area contributed by atoms with Gasteiger partial charge in [0.2, 0.25) is 0 Å². The van der Waals surface area contributed by atoms with Crippen LogP contribution in [0.15, 0.2) is 5.38 Å². The van der Waals surface area contributed by atoms with Crippen LogP contribution in [0.4, 0.5) is 0 Å². The number of hydrogen-bond donors (Lipinski definition) is 1. The minimum absolute atomic E-state index is 0.414. The molecule has 0 amide bonds. The van der Waals surface area contributed by atoms with Crippen LogP contribution in [0.5, 0.6) is 0 Å². The minimum atomic E-state index is -0.788. The van der Waals surface area contributed by atoms with Crippen LogP contribution in [-0.4, -0.2) is 16.1 Å². The first-order valence-electron chi connectivity index (χ1n) is 3.50. The Morgan fingerprint density at radius 2 is 2.42 bits per heavy atom. The largest absolute Gasteiger partial charge is 0.481 e. The minimum Gasteiger partial charge on any atom is -0.481 e. The Morgan fingerprint density at radius 1 is 1.75 bits per heavy atom. The maximum absolute atomic E-state index is 10.8. The average molecular weight is 204 g/mol. The third kappa shape index (κ3) is 1.03. The van der Waals surface area contributed by atoms with Gasteiger partial charge in [-0.1, -0.05) is 11.6 Å². The molecule has 0 aromatic carbocycles. The van der Waals surface area contributed by atoms with Gasteiger partial charge in [0.05, 0.1) is 5.69 Å². The molecule has 0 aliphatic heterocycles. The summed E-state index contributed by atoms with van der Waals surface area (Å²) in [4.78, 5) is 14.8. The molecule has 0 atom stereocenters. The van der Waals surface area contributed by atoms with Gasteiger partial charge in [-0.2, -0.15) is 0 Å². The number of aliphatic carboxylic acids is 1. The topological polar surface area (TPSA) is 50.2 Å². The lowest BCUT2D eigenvalue weighted by molar-refractivity contribution is -0.140. The van der Waals surface area contributed by atoms with Gasteiger partial charge >= 0.3 is 5.97 Å². The van der Waals surface area contributed by atoms with Crippen molar-refractivity contribution in [2.24, 2.45) is 0 Å². The van der Waals surface area contributed by atoms with E-state index in [2.05, 4.69) is 4.98 Å². The zero-order chi connectivity index (χ0) is 8.77. The van der Waals surface area contributed by atoms with Gasteiger partial charge in [-0.3, -0.25) is 4.79 Å². The fourth-order valence-corrected chi connectivity index (χ4v) is 2.04. The maximum atomic E-state index is 10.8. The average Bonchev–Trinajstić information content (AvgIpc) is 2.71.